The first-order chi connectivity index (χ1) is 6.27. The average molecular weight is 180 g/mol. The Balaban J connectivity index is 2.79. The van der Waals surface area contributed by atoms with Crippen LogP contribution < -0.4 is 10.6 Å². The zero-order chi connectivity index (χ0) is 9.68. The molecule has 1 heterocycles. The van der Waals surface area contributed by atoms with Gasteiger partial charge in [-0.25, -0.2) is 9.97 Å². The lowest BCUT2D eigenvalue weighted by Gasteiger charge is -2.06. The van der Waals surface area contributed by atoms with Crippen LogP contribution in [0, 0.1) is 6.92 Å². The molecule has 0 aliphatic rings. The smallest absolute Gasteiger partial charge is 0.222 e. The van der Waals surface area contributed by atoms with Gasteiger partial charge in [-0.3, -0.25) is 0 Å². The van der Waals surface area contributed by atoms with Crippen molar-refractivity contribution in [1.29, 1.82) is 0 Å². The molecule has 0 radical (unpaired) electrons. The lowest BCUT2D eigenvalue weighted by molar-refractivity contribution is 0.797. The van der Waals surface area contributed by atoms with Crippen LogP contribution in [0.15, 0.2) is 6.20 Å². The van der Waals surface area contributed by atoms with Crippen molar-refractivity contribution in [1.82, 2.24) is 15.3 Å². The van der Waals surface area contributed by atoms with Crippen LogP contribution in [0.25, 0.3) is 0 Å². The summed E-state index contributed by atoms with van der Waals surface area (Å²) in [7, 11) is 1.91. The fourth-order valence-corrected chi connectivity index (χ4v) is 1.10. The van der Waals surface area contributed by atoms with E-state index in [1.165, 1.54) is 0 Å². The second kappa shape index (κ2) is 4.77. The molecule has 0 saturated heterocycles. The lowest BCUT2D eigenvalue weighted by Crippen LogP contribution is -2.10. The maximum absolute atomic E-state index is 4.32. The van der Waals surface area contributed by atoms with E-state index in [0.29, 0.717) is 5.95 Å². The Hall–Kier alpha value is -1.16. The molecule has 0 unspecified atom stereocenters. The number of aryl methyl sites for hydroxylation is 1. The fraction of sp³-hybridized carbons (Fsp3) is 0.556. The van der Waals surface area contributed by atoms with Gasteiger partial charge in [0.2, 0.25) is 5.95 Å². The van der Waals surface area contributed by atoms with Gasteiger partial charge in [-0.1, -0.05) is 0 Å². The van der Waals surface area contributed by atoms with Crippen molar-refractivity contribution in [3.63, 3.8) is 0 Å². The molecule has 13 heavy (non-hydrogen) atoms. The van der Waals surface area contributed by atoms with E-state index in [2.05, 4.69) is 20.6 Å². The second-order valence-electron chi connectivity index (χ2n) is 2.86. The van der Waals surface area contributed by atoms with Gasteiger partial charge >= 0.3 is 0 Å². The van der Waals surface area contributed by atoms with Gasteiger partial charge in [0, 0.05) is 30.5 Å². The molecule has 1 aromatic heterocycles. The van der Waals surface area contributed by atoms with E-state index in [0.717, 1.165) is 24.3 Å². The van der Waals surface area contributed by atoms with Crippen LogP contribution in [-0.2, 0) is 6.54 Å². The molecule has 0 fully saturated rings. The van der Waals surface area contributed by atoms with Crippen molar-refractivity contribution in [2.75, 3.05) is 18.9 Å². The molecule has 0 aromatic carbocycles. The van der Waals surface area contributed by atoms with Crippen molar-refractivity contribution < 1.29 is 0 Å². The third kappa shape index (κ3) is 2.66. The molecular formula is C9H16N4. The highest BCUT2D eigenvalue weighted by molar-refractivity contribution is 5.28. The highest BCUT2D eigenvalue weighted by atomic mass is 15.1. The normalized spacial score (nSPS) is 10.1. The predicted molar refractivity (Wildman–Crippen MR) is 53.7 cm³/mol. The largest absolute Gasteiger partial charge is 0.354 e. The van der Waals surface area contributed by atoms with Crippen LogP contribution in [-0.4, -0.2) is 23.6 Å². The lowest BCUT2D eigenvalue weighted by atomic mass is 10.2. The van der Waals surface area contributed by atoms with Crippen LogP contribution in [0.5, 0.6) is 0 Å². The summed E-state index contributed by atoms with van der Waals surface area (Å²) in [6, 6.07) is 0. The summed E-state index contributed by atoms with van der Waals surface area (Å²) in [5, 5.41) is 6.15. The number of nitrogens with one attached hydrogen (secondary N) is 2. The minimum Gasteiger partial charge on any atom is -0.354 e. The minimum atomic E-state index is 0.708. The Morgan fingerprint density at radius 1 is 1.46 bits per heavy atom. The molecule has 1 aromatic rings. The van der Waals surface area contributed by atoms with Crippen molar-refractivity contribution >= 4 is 5.95 Å². The Labute approximate surface area is 78.8 Å². The van der Waals surface area contributed by atoms with Crippen molar-refractivity contribution in [2.45, 2.75) is 20.4 Å². The molecule has 0 saturated carbocycles. The second-order valence-corrected chi connectivity index (χ2v) is 2.86. The summed E-state index contributed by atoms with van der Waals surface area (Å²) < 4.78 is 0. The number of nitrogens with zero attached hydrogens (tertiary/aromatic N) is 2. The molecule has 0 aliphatic heterocycles. The summed E-state index contributed by atoms with van der Waals surface area (Å²) in [5.74, 6) is 0.708. The van der Waals surface area contributed by atoms with Crippen LogP contribution >= 0.6 is 0 Å². The third-order valence-electron chi connectivity index (χ3n) is 1.78. The Morgan fingerprint density at radius 3 is 2.77 bits per heavy atom. The molecule has 72 valence electrons. The predicted octanol–water partition coefficient (Wildman–Crippen LogP) is 0.936. The Kier molecular flexibility index (Phi) is 3.64. The summed E-state index contributed by atoms with van der Waals surface area (Å²) in [5.41, 5.74) is 2.17. The standard InChI is InChI=1S/C9H16N4/c1-4-11-9-12-6-8(5-10-3)7(2)13-9/h6,10H,4-5H2,1-3H3,(H,11,12,13). The zero-order valence-electron chi connectivity index (χ0n) is 8.39. The molecule has 4 nitrogen and oxygen atoms in total. The molecule has 0 amide bonds. The Morgan fingerprint density at radius 2 is 2.23 bits per heavy atom. The molecule has 0 bridgehead atoms. The maximum atomic E-state index is 4.32. The molecular weight excluding hydrogens is 164 g/mol. The van der Waals surface area contributed by atoms with Gasteiger partial charge in [0.15, 0.2) is 0 Å². The first-order valence-electron chi connectivity index (χ1n) is 4.49. The van der Waals surface area contributed by atoms with Gasteiger partial charge in [0.1, 0.15) is 0 Å². The van der Waals surface area contributed by atoms with E-state index in [9.17, 15) is 0 Å². The number of rotatable bonds is 4. The third-order valence-corrected chi connectivity index (χ3v) is 1.78. The van der Waals surface area contributed by atoms with E-state index in [4.69, 9.17) is 0 Å². The van der Waals surface area contributed by atoms with Crippen molar-refractivity contribution in [2.24, 2.45) is 0 Å². The molecule has 1 rings (SSSR count). The molecule has 0 atom stereocenters. The van der Waals surface area contributed by atoms with E-state index in [-0.39, 0.29) is 0 Å². The topological polar surface area (TPSA) is 49.8 Å². The van der Waals surface area contributed by atoms with E-state index in [1.807, 2.05) is 27.1 Å². The van der Waals surface area contributed by atoms with E-state index >= 15 is 0 Å². The van der Waals surface area contributed by atoms with E-state index in [1.54, 1.807) is 0 Å². The average Bonchev–Trinajstić information content (AvgIpc) is 2.10. The summed E-state index contributed by atoms with van der Waals surface area (Å²) in [6.45, 7) is 5.69. The zero-order valence-corrected chi connectivity index (χ0v) is 8.39. The molecule has 0 aliphatic carbocycles. The van der Waals surface area contributed by atoms with Crippen LogP contribution in [0.1, 0.15) is 18.2 Å². The fourth-order valence-electron chi connectivity index (χ4n) is 1.10. The minimum absolute atomic E-state index is 0.708. The first kappa shape index (κ1) is 9.92. The molecule has 0 spiro atoms. The van der Waals surface area contributed by atoms with Crippen LogP contribution in [0.3, 0.4) is 0 Å². The SMILES string of the molecule is CCNc1ncc(CNC)c(C)n1. The number of hydrogen-bond donors (Lipinski definition) is 2. The van der Waals surface area contributed by atoms with E-state index < -0.39 is 0 Å². The van der Waals surface area contributed by atoms with Crippen molar-refractivity contribution in [3.8, 4) is 0 Å². The van der Waals surface area contributed by atoms with Gasteiger partial charge in [0.25, 0.3) is 0 Å². The van der Waals surface area contributed by atoms with Gasteiger partial charge in [-0.05, 0) is 20.9 Å². The highest BCUT2D eigenvalue weighted by Crippen LogP contribution is 2.05. The molecule has 2 N–H and O–H groups in total. The summed E-state index contributed by atoms with van der Waals surface area (Å²) in [4.78, 5) is 8.50. The van der Waals surface area contributed by atoms with Gasteiger partial charge in [0.05, 0.1) is 0 Å². The summed E-state index contributed by atoms with van der Waals surface area (Å²) in [6.07, 6.45) is 1.86. The Bertz CT molecular complexity index is 272. The van der Waals surface area contributed by atoms with Crippen molar-refractivity contribution in [3.05, 3.63) is 17.5 Å². The number of aromatic nitrogens is 2. The van der Waals surface area contributed by atoms with Gasteiger partial charge < -0.3 is 10.6 Å². The molecule has 4 heteroatoms. The van der Waals surface area contributed by atoms with Gasteiger partial charge in [-0.2, -0.15) is 0 Å². The van der Waals surface area contributed by atoms with Crippen LogP contribution in [0.2, 0.25) is 0 Å². The monoisotopic (exact) mass is 180 g/mol. The highest BCUT2D eigenvalue weighted by Gasteiger charge is 2.00. The number of hydrogen-bond acceptors (Lipinski definition) is 4. The maximum Gasteiger partial charge on any atom is 0.222 e. The first-order valence-corrected chi connectivity index (χ1v) is 4.49. The quantitative estimate of drug-likeness (QED) is 0.724. The number of anilines is 1. The van der Waals surface area contributed by atoms with Gasteiger partial charge in [-0.15, -0.1) is 0 Å². The summed E-state index contributed by atoms with van der Waals surface area (Å²) >= 11 is 0. The van der Waals surface area contributed by atoms with Crippen LogP contribution in [0.4, 0.5) is 5.95 Å².